The minimum absolute atomic E-state index is 0.00106. The van der Waals surface area contributed by atoms with Gasteiger partial charge < -0.3 is 15.5 Å². The lowest BCUT2D eigenvalue weighted by Crippen LogP contribution is -2.52. The Kier molecular flexibility index (Phi) is 6.20. The van der Waals surface area contributed by atoms with Crippen LogP contribution in [0.3, 0.4) is 0 Å². The maximum atomic E-state index is 12.3. The molecule has 1 saturated carbocycles. The summed E-state index contributed by atoms with van der Waals surface area (Å²) in [6, 6.07) is -0.263. The molecule has 5 heteroatoms. The molecule has 1 aliphatic rings. The van der Waals surface area contributed by atoms with Crippen LogP contribution in [-0.2, 0) is 9.59 Å². The summed E-state index contributed by atoms with van der Waals surface area (Å²) < 4.78 is 0. The minimum Gasteiger partial charge on any atom is -0.341 e. The van der Waals surface area contributed by atoms with E-state index < -0.39 is 6.04 Å². The van der Waals surface area contributed by atoms with E-state index in [0.717, 1.165) is 12.8 Å². The number of carbonyl (C=O) groups excluding carboxylic acids is 2. The normalized spacial score (nSPS) is 18.2. The van der Waals surface area contributed by atoms with E-state index in [9.17, 15) is 9.59 Å². The summed E-state index contributed by atoms with van der Waals surface area (Å²) in [7, 11) is 3.50. The quantitative estimate of drug-likeness (QED) is 0.857. The number of amides is 2. The van der Waals surface area contributed by atoms with Crippen LogP contribution in [0.4, 0.5) is 0 Å². The molecule has 0 heterocycles. The molecule has 0 unspecified atom stereocenters. The van der Waals surface area contributed by atoms with Crippen molar-refractivity contribution in [3.8, 4) is 0 Å². The van der Waals surface area contributed by atoms with E-state index in [1.165, 1.54) is 24.2 Å². The van der Waals surface area contributed by atoms with E-state index in [2.05, 4.69) is 0 Å². The van der Waals surface area contributed by atoms with Gasteiger partial charge in [-0.05, 0) is 18.3 Å². The Labute approximate surface area is 128 Å². The summed E-state index contributed by atoms with van der Waals surface area (Å²) in [4.78, 5) is 27.8. The second-order valence-electron chi connectivity index (χ2n) is 7.33. The molecule has 2 N–H and O–H groups in total. The molecule has 1 fully saturated rings. The van der Waals surface area contributed by atoms with E-state index in [1.807, 2.05) is 32.7 Å². The van der Waals surface area contributed by atoms with Crippen LogP contribution in [0, 0.1) is 5.41 Å². The van der Waals surface area contributed by atoms with Gasteiger partial charge in [0.05, 0.1) is 12.6 Å². The van der Waals surface area contributed by atoms with Crippen molar-refractivity contribution < 1.29 is 9.59 Å². The Hall–Kier alpha value is -1.10. The monoisotopic (exact) mass is 297 g/mol. The molecule has 0 radical (unpaired) electrons. The topological polar surface area (TPSA) is 66.6 Å². The molecule has 0 spiro atoms. The van der Waals surface area contributed by atoms with Gasteiger partial charge in [-0.1, -0.05) is 40.0 Å². The molecule has 0 aromatic carbocycles. The molecule has 1 rings (SSSR count). The lowest BCUT2D eigenvalue weighted by molar-refractivity contribution is -0.142. The third-order valence-electron chi connectivity index (χ3n) is 4.46. The van der Waals surface area contributed by atoms with Gasteiger partial charge in [0.15, 0.2) is 0 Å². The Balaban J connectivity index is 2.54. The lowest BCUT2D eigenvalue weighted by Gasteiger charge is -2.34. The Morgan fingerprint density at radius 2 is 1.67 bits per heavy atom. The molecule has 1 aliphatic carbocycles. The smallest absolute Gasteiger partial charge is 0.242 e. The van der Waals surface area contributed by atoms with Gasteiger partial charge in [-0.3, -0.25) is 9.59 Å². The first-order chi connectivity index (χ1) is 9.64. The summed E-state index contributed by atoms with van der Waals surface area (Å²) in [5.41, 5.74) is 5.67. The largest absolute Gasteiger partial charge is 0.341 e. The van der Waals surface area contributed by atoms with Gasteiger partial charge in [-0.25, -0.2) is 0 Å². The van der Waals surface area contributed by atoms with Crippen LogP contribution in [0.5, 0.6) is 0 Å². The molecular formula is C16H31N3O2. The second-order valence-corrected chi connectivity index (χ2v) is 7.33. The minimum atomic E-state index is -0.588. The van der Waals surface area contributed by atoms with E-state index in [4.69, 9.17) is 5.73 Å². The van der Waals surface area contributed by atoms with E-state index >= 15 is 0 Å². The lowest BCUT2D eigenvalue weighted by atomic mass is 9.86. The van der Waals surface area contributed by atoms with Crippen molar-refractivity contribution in [1.29, 1.82) is 0 Å². The van der Waals surface area contributed by atoms with Crippen molar-refractivity contribution in [1.82, 2.24) is 9.80 Å². The number of hydrogen-bond donors (Lipinski definition) is 1. The first-order valence-corrected chi connectivity index (χ1v) is 7.91. The van der Waals surface area contributed by atoms with Crippen molar-refractivity contribution in [2.24, 2.45) is 11.1 Å². The third-order valence-corrected chi connectivity index (χ3v) is 4.46. The number of rotatable bonds is 4. The molecule has 0 aromatic heterocycles. The highest BCUT2D eigenvalue weighted by molar-refractivity contribution is 5.87. The van der Waals surface area contributed by atoms with Crippen LogP contribution in [-0.4, -0.2) is 54.3 Å². The van der Waals surface area contributed by atoms with E-state index in [1.54, 1.807) is 7.05 Å². The summed E-state index contributed by atoms with van der Waals surface area (Å²) in [5, 5.41) is 0. The van der Waals surface area contributed by atoms with Crippen molar-refractivity contribution in [3.05, 3.63) is 0 Å². The highest BCUT2D eigenvalue weighted by Gasteiger charge is 2.31. The summed E-state index contributed by atoms with van der Waals surface area (Å²) in [6.45, 7) is 5.90. The van der Waals surface area contributed by atoms with Gasteiger partial charge in [0.2, 0.25) is 11.8 Å². The van der Waals surface area contributed by atoms with E-state index in [-0.39, 0.29) is 23.8 Å². The number of nitrogens with zero attached hydrogens (tertiary/aromatic N) is 2. The van der Waals surface area contributed by atoms with Gasteiger partial charge in [-0.15, -0.1) is 0 Å². The zero-order valence-corrected chi connectivity index (χ0v) is 14.2. The van der Waals surface area contributed by atoms with Gasteiger partial charge in [0.25, 0.3) is 0 Å². The highest BCUT2D eigenvalue weighted by atomic mass is 16.2. The second kappa shape index (κ2) is 7.25. The van der Waals surface area contributed by atoms with Crippen LogP contribution >= 0.6 is 0 Å². The van der Waals surface area contributed by atoms with Crippen molar-refractivity contribution in [3.63, 3.8) is 0 Å². The number of nitrogens with two attached hydrogens (primary N) is 1. The third kappa shape index (κ3) is 4.99. The standard InChI is InChI=1S/C16H31N3O2/c1-16(2,3)14(17)15(21)18(4)11-13(20)19(5)12-9-7-6-8-10-12/h12,14H,6-11,17H2,1-5H3/t14-/m1/s1. The Morgan fingerprint density at radius 3 is 2.14 bits per heavy atom. The van der Waals surface area contributed by atoms with E-state index in [0.29, 0.717) is 6.04 Å². The van der Waals surface area contributed by atoms with Crippen molar-refractivity contribution in [2.75, 3.05) is 20.6 Å². The molecule has 122 valence electrons. The fourth-order valence-corrected chi connectivity index (χ4v) is 2.67. The molecule has 0 aliphatic heterocycles. The summed E-state index contributed by atoms with van der Waals surface area (Å²) >= 11 is 0. The average Bonchev–Trinajstić information content (AvgIpc) is 2.44. The fraction of sp³-hybridized carbons (Fsp3) is 0.875. The molecule has 0 saturated heterocycles. The van der Waals surface area contributed by atoms with Gasteiger partial charge in [0, 0.05) is 20.1 Å². The fourth-order valence-electron chi connectivity index (χ4n) is 2.67. The van der Waals surface area contributed by atoms with Crippen LogP contribution in [0.1, 0.15) is 52.9 Å². The summed E-state index contributed by atoms with van der Waals surface area (Å²) in [5.74, 6) is -0.174. The maximum absolute atomic E-state index is 12.3. The average molecular weight is 297 g/mol. The highest BCUT2D eigenvalue weighted by Crippen LogP contribution is 2.22. The van der Waals surface area contributed by atoms with Gasteiger partial charge in [-0.2, -0.15) is 0 Å². The van der Waals surface area contributed by atoms with Crippen LogP contribution in [0.15, 0.2) is 0 Å². The predicted molar refractivity (Wildman–Crippen MR) is 84.7 cm³/mol. The molecule has 0 aromatic rings. The molecule has 21 heavy (non-hydrogen) atoms. The number of hydrogen-bond acceptors (Lipinski definition) is 3. The number of carbonyl (C=O) groups is 2. The summed E-state index contributed by atoms with van der Waals surface area (Å²) in [6.07, 6.45) is 5.78. The SMILES string of the molecule is CN(CC(=O)N(C)C1CCCCC1)C(=O)[C@@H](N)C(C)(C)C. The van der Waals surface area contributed by atoms with Crippen LogP contribution in [0.25, 0.3) is 0 Å². The van der Waals surface area contributed by atoms with Crippen LogP contribution in [0.2, 0.25) is 0 Å². The molecular weight excluding hydrogens is 266 g/mol. The zero-order valence-electron chi connectivity index (χ0n) is 14.2. The first kappa shape index (κ1) is 18.0. The zero-order chi connectivity index (χ0) is 16.2. The molecule has 5 nitrogen and oxygen atoms in total. The Bertz CT molecular complexity index is 370. The maximum Gasteiger partial charge on any atom is 0.242 e. The van der Waals surface area contributed by atoms with Crippen molar-refractivity contribution >= 4 is 11.8 Å². The van der Waals surface area contributed by atoms with Crippen LogP contribution < -0.4 is 5.73 Å². The van der Waals surface area contributed by atoms with Gasteiger partial charge >= 0.3 is 0 Å². The molecule has 0 bridgehead atoms. The van der Waals surface area contributed by atoms with Crippen molar-refractivity contribution in [2.45, 2.75) is 65.0 Å². The van der Waals surface area contributed by atoms with Gasteiger partial charge in [0.1, 0.15) is 0 Å². The predicted octanol–water partition coefficient (Wildman–Crippen LogP) is 1.61. The molecule has 2 amide bonds. The first-order valence-electron chi connectivity index (χ1n) is 7.91. The Morgan fingerprint density at radius 1 is 1.14 bits per heavy atom. The molecule has 1 atom stereocenters. The number of likely N-dealkylation sites (N-methyl/N-ethyl adjacent to an activating group) is 2.